The monoisotopic (exact) mass is 434 g/mol. The third-order valence-electron chi connectivity index (χ3n) is 4.85. The molecule has 0 spiro atoms. The lowest BCUT2D eigenvalue weighted by Gasteiger charge is -2.05. The Morgan fingerprint density at radius 2 is 1.87 bits per heavy atom. The fraction of sp³-hybridized carbons (Fsp3) is 0.0909. The number of aromatic nitrogens is 4. The van der Waals surface area contributed by atoms with E-state index in [1.54, 1.807) is 17.0 Å². The van der Waals surface area contributed by atoms with Crippen LogP contribution in [0.1, 0.15) is 11.1 Å². The SMILES string of the molecule is Cc1c(-c2nc(-c3ccccc3Cl)no2)sc2ncn(Cc3ccccc3)c(=O)c12. The van der Waals surface area contributed by atoms with E-state index in [0.717, 1.165) is 16.0 Å². The minimum absolute atomic E-state index is 0.0882. The van der Waals surface area contributed by atoms with Crippen LogP contribution in [0.4, 0.5) is 0 Å². The van der Waals surface area contributed by atoms with E-state index in [9.17, 15) is 4.79 Å². The van der Waals surface area contributed by atoms with Crippen molar-refractivity contribution in [2.24, 2.45) is 0 Å². The average Bonchev–Trinajstić information content (AvgIpc) is 3.36. The van der Waals surface area contributed by atoms with Gasteiger partial charge in [-0.15, -0.1) is 11.3 Å². The summed E-state index contributed by atoms with van der Waals surface area (Å²) in [4.78, 5) is 23.5. The molecule has 0 atom stereocenters. The number of fused-ring (bicyclic) bond motifs is 1. The minimum Gasteiger partial charge on any atom is -0.333 e. The summed E-state index contributed by atoms with van der Waals surface area (Å²) in [7, 11) is 0. The van der Waals surface area contributed by atoms with Crippen molar-refractivity contribution in [1.82, 2.24) is 19.7 Å². The van der Waals surface area contributed by atoms with Crippen molar-refractivity contribution in [3.05, 3.63) is 87.4 Å². The van der Waals surface area contributed by atoms with Crippen LogP contribution in [-0.4, -0.2) is 19.7 Å². The van der Waals surface area contributed by atoms with Crippen molar-refractivity contribution < 1.29 is 4.52 Å². The van der Waals surface area contributed by atoms with Crippen LogP contribution in [0, 0.1) is 6.92 Å². The summed E-state index contributed by atoms with van der Waals surface area (Å²) >= 11 is 7.61. The Kier molecular flexibility index (Phi) is 4.69. The molecule has 5 rings (SSSR count). The van der Waals surface area contributed by atoms with Gasteiger partial charge in [-0.1, -0.05) is 59.2 Å². The van der Waals surface area contributed by atoms with E-state index in [-0.39, 0.29) is 5.56 Å². The predicted molar refractivity (Wildman–Crippen MR) is 118 cm³/mol. The Morgan fingerprint density at radius 1 is 1.10 bits per heavy atom. The molecule has 0 amide bonds. The number of hydrogen-bond donors (Lipinski definition) is 0. The van der Waals surface area contributed by atoms with Gasteiger partial charge in [0.05, 0.1) is 28.2 Å². The van der Waals surface area contributed by atoms with E-state index in [0.29, 0.717) is 39.1 Å². The fourth-order valence-electron chi connectivity index (χ4n) is 3.32. The highest BCUT2D eigenvalue weighted by molar-refractivity contribution is 7.22. The van der Waals surface area contributed by atoms with Gasteiger partial charge in [-0.05, 0) is 30.2 Å². The molecule has 0 radical (unpaired) electrons. The molecule has 0 saturated heterocycles. The first-order chi connectivity index (χ1) is 14.6. The van der Waals surface area contributed by atoms with E-state index in [2.05, 4.69) is 15.1 Å². The molecule has 30 heavy (non-hydrogen) atoms. The topological polar surface area (TPSA) is 73.8 Å². The molecular weight excluding hydrogens is 420 g/mol. The van der Waals surface area contributed by atoms with Crippen LogP contribution in [0.25, 0.3) is 32.4 Å². The van der Waals surface area contributed by atoms with Crippen LogP contribution in [0.2, 0.25) is 5.02 Å². The van der Waals surface area contributed by atoms with Gasteiger partial charge in [0.15, 0.2) is 0 Å². The lowest BCUT2D eigenvalue weighted by Crippen LogP contribution is -2.21. The first-order valence-electron chi connectivity index (χ1n) is 9.23. The number of halogens is 1. The number of thiophene rings is 1. The molecule has 2 aromatic carbocycles. The zero-order chi connectivity index (χ0) is 20.7. The first kappa shape index (κ1) is 18.7. The Hall–Kier alpha value is -3.29. The summed E-state index contributed by atoms with van der Waals surface area (Å²) in [5.74, 6) is 0.751. The molecule has 0 N–H and O–H groups in total. The van der Waals surface area contributed by atoms with Gasteiger partial charge in [-0.3, -0.25) is 9.36 Å². The molecule has 0 fully saturated rings. The highest BCUT2D eigenvalue weighted by Crippen LogP contribution is 2.36. The predicted octanol–water partition coefficient (Wildman–Crippen LogP) is 5.19. The van der Waals surface area contributed by atoms with E-state index in [4.69, 9.17) is 16.1 Å². The normalized spacial score (nSPS) is 11.3. The number of nitrogens with zero attached hydrogens (tertiary/aromatic N) is 4. The molecular formula is C22H15ClN4O2S. The number of hydrogen-bond acceptors (Lipinski definition) is 6. The first-order valence-corrected chi connectivity index (χ1v) is 10.4. The van der Waals surface area contributed by atoms with Crippen molar-refractivity contribution in [2.45, 2.75) is 13.5 Å². The van der Waals surface area contributed by atoms with Gasteiger partial charge in [0, 0.05) is 5.56 Å². The molecule has 0 aliphatic rings. The van der Waals surface area contributed by atoms with E-state index >= 15 is 0 Å². The van der Waals surface area contributed by atoms with Crippen molar-refractivity contribution in [1.29, 1.82) is 0 Å². The van der Waals surface area contributed by atoms with Gasteiger partial charge < -0.3 is 4.52 Å². The zero-order valence-electron chi connectivity index (χ0n) is 15.9. The molecule has 0 aliphatic carbocycles. The number of aryl methyl sites for hydroxylation is 1. The van der Waals surface area contributed by atoms with Gasteiger partial charge in [-0.2, -0.15) is 4.98 Å². The minimum atomic E-state index is -0.0882. The van der Waals surface area contributed by atoms with Gasteiger partial charge in [0.25, 0.3) is 11.4 Å². The summed E-state index contributed by atoms with van der Waals surface area (Å²) in [6.45, 7) is 2.34. The maximum absolute atomic E-state index is 13.1. The van der Waals surface area contributed by atoms with Crippen LogP contribution < -0.4 is 5.56 Å². The molecule has 148 valence electrons. The summed E-state index contributed by atoms with van der Waals surface area (Å²) in [6.07, 6.45) is 1.58. The lowest BCUT2D eigenvalue weighted by molar-refractivity contribution is 0.433. The van der Waals surface area contributed by atoms with Gasteiger partial charge >= 0.3 is 0 Å². The Balaban J connectivity index is 1.57. The summed E-state index contributed by atoms with van der Waals surface area (Å²) < 4.78 is 7.11. The summed E-state index contributed by atoms with van der Waals surface area (Å²) in [6, 6.07) is 17.1. The van der Waals surface area contributed by atoms with Crippen LogP contribution in [0.15, 0.2) is 70.2 Å². The smallest absolute Gasteiger partial charge is 0.268 e. The lowest BCUT2D eigenvalue weighted by atomic mass is 10.2. The Morgan fingerprint density at radius 3 is 2.67 bits per heavy atom. The van der Waals surface area contributed by atoms with Crippen molar-refractivity contribution in [3.8, 4) is 22.2 Å². The van der Waals surface area contributed by atoms with Crippen molar-refractivity contribution >= 4 is 33.2 Å². The highest BCUT2D eigenvalue weighted by Gasteiger charge is 2.21. The third-order valence-corrected chi connectivity index (χ3v) is 6.37. The second-order valence-electron chi connectivity index (χ2n) is 6.80. The molecule has 8 heteroatoms. The quantitative estimate of drug-likeness (QED) is 0.389. The Labute approximate surface area is 180 Å². The van der Waals surface area contributed by atoms with Crippen LogP contribution in [-0.2, 0) is 6.54 Å². The molecule has 3 heterocycles. The standard InChI is InChI=1S/C22H15ClN4O2S/c1-13-17-21(24-12-27(22(17)28)11-14-7-3-2-4-8-14)30-18(13)20-25-19(26-29-20)15-9-5-6-10-16(15)23/h2-10,12H,11H2,1H3. The van der Waals surface area contributed by atoms with Crippen LogP contribution in [0.3, 0.4) is 0 Å². The molecule has 0 bridgehead atoms. The maximum Gasteiger partial charge on any atom is 0.268 e. The highest BCUT2D eigenvalue weighted by atomic mass is 35.5. The summed E-state index contributed by atoms with van der Waals surface area (Å²) in [5, 5.41) is 5.18. The number of benzene rings is 2. The molecule has 6 nitrogen and oxygen atoms in total. The third kappa shape index (κ3) is 3.22. The molecule has 3 aromatic heterocycles. The van der Waals surface area contributed by atoms with Crippen LogP contribution >= 0.6 is 22.9 Å². The fourth-order valence-corrected chi connectivity index (χ4v) is 4.60. The number of rotatable bonds is 4. The van der Waals surface area contributed by atoms with E-state index < -0.39 is 0 Å². The summed E-state index contributed by atoms with van der Waals surface area (Å²) in [5.41, 5.74) is 2.42. The van der Waals surface area contributed by atoms with Crippen LogP contribution in [0.5, 0.6) is 0 Å². The van der Waals surface area contributed by atoms with Gasteiger partial charge in [0.2, 0.25) is 5.82 Å². The molecule has 0 aliphatic heterocycles. The zero-order valence-corrected chi connectivity index (χ0v) is 17.4. The largest absolute Gasteiger partial charge is 0.333 e. The molecule has 0 saturated carbocycles. The van der Waals surface area contributed by atoms with Gasteiger partial charge in [0.1, 0.15) is 4.83 Å². The Bertz CT molecular complexity index is 1420. The second-order valence-corrected chi connectivity index (χ2v) is 8.21. The van der Waals surface area contributed by atoms with Crippen molar-refractivity contribution in [3.63, 3.8) is 0 Å². The van der Waals surface area contributed by atoms with E-state index in [1.165, 1.54) is 11.3 Å². The molecule has 5 aromatic rings. The average molecular weight is 435 g/mol. The maximum atomic E-state index is 13.1. The second kappa shape index (κ2) is 7.51. The van der Waals surface area contributed by atoms with Crippen molar-refractivity contribution in [2.75, 3.05) is 0 Å². The molecule has 0 unspecified atom stereocenters. The van der Waals surface area contributed by atoms with E-state index in [1.807, 2.05) is 55.5 Å². The van der Waals surface area contributed by atoms with Gasteiger partial charge in [-0.25, -0.2) is 4.98 Å².